The van der Waals surface area contributed by atoms with Crippen molar-refractivity contribution in [2.24, 2.45) is 0 Å². The lowest BCUT2D eigenvalue weighted by molar-refractivity contribution is 0.0600. The van der Waals surface area contributed by atoms with Gasteiger partial charge in [0.25, 0.3) is 0 Å². The van der Waals surface area contributed by atoms with Crippen LogP contribution in [-0.2, 0) is 11.2 Å². The van der Waals surface area contributed by atoms with E-state index in [9.17, 15) is 4.79 Å². The van der Waals surface area contributed by atoms with Gasteiger partial charge in [0, 0.05) is 13.1 Å². The van der Waals surface area contributed by atoms with Crippen LogP contribution in [0.3, 0.4) is 0 Å². The summed E-state index contributed by atoms with van der Waals surface area (Å²) in [5.41, 5.74) is 1.74. The zero-order valence-electron chi connectivity index (χ0n) is 10.3. The van der Waals surface area contributed by atoms with E-state index in [0.717, 1.165) is 13.0 Å². The Morgan fingerprint density at radius 1 is 1.29 bits per heavy atom. The van der Waals surface area contributed by atoms with Crippen LogP contribution in [0.5, 0.6) is 0 Å². The van der Waals surface area contributed by atoms with Crippen LogP contribution in [0.4, 0.5) is 0 Å². The minimum Gasteiger partial charge on any atom is -0.465 e. The molecule has 0 aliphatic heterocycles. The Kier molecular flexibility index (Phi) is 5.66. The molecule has 0 radical (unpaired) electrons. The highest BCUT2D eigenvalue weighted by atomic mass is 16.5. The lowest BCUT2D eigenvalue weighted by Gasteiger charge is -2.14. The van der Waals surface area contributed by atoms with Crippen molar-refractivity contribution in [2.45, 2.75) is 6.42 Å². The number of methoxy groups -OCH3 is 1. The van der Waals surface area contributed by atoms with Crippen LogP contribution < -0.4 is 0 Å². The maximum absolute atomic E-state index is 11.2. The van der Waals surface area contributed by atoms with Crippen molar-refractivity contribution in [1.82, 2.24) is 4.90 Å². The van der Waals surface area contributed by atoms with Gasteiger partial charge in [0.15, 0.2) is 0 Å². The molecule has 4 nitrogen and oxygen atoms in total. The summed E-state index contributed by atoms with van der Waals surface area (Å²) in [5.74, 6) is -0.311. The van der Waals surface area contributed by atoms with Gasteiger partial charge in [0.1, 0.15) is 0 Å². The molecule has 1 N–H and O–H groups in total. The number of carbonyl (C=O) groups is 1. The molecule has 0 heterocycles. The predicted octanol–water partition coefficient (Wildman–Crippen LogP) is 0.940. The zero-order chi connectivity index (χ0) is 12.7. The first-order chi connectivity index (χ1) is 8.17. The molecule has 4 heteroatoms. The second-order valence-corrected chi connectivity index (χ2v) is 3.97. The molecule has 17 heavy (non-hydrogen) atoms. The number of nitrogens with zero attached hydrogens (tertiary/aromatic N) is 1. The molecule has 0 spiro atoms. The Hall–Kier alpha value is -1.39. The smallest absolute Gasteiger partial charge is 0.337 e. The lowest BCUT2D eigenvalue weighted by atomic mass is 10.1. The van der Waals surface area contributed by atoms with Crippen molar-refractivity contribution in [3.8, 4) is 0 Å². The number of ether oxygens (including phenoxy) is 1. The summed E-state index contributed by atoms with van der Waals surface area (Å²) in [4.78, 5) is 13.3. The SMILES string of the molecule is COC(=O)c1ccc(CCN(C)CCO)cc1. The first kappa shape index (κ1) is 13.7. The van der Waals surface area contributed by atoms with Gasteiger partial charge in [-0.2, -0.15) is 0 Å². The molecule has 0 atom stereocenters. The first-order valence-corrected chi connectivity index (χ1v) is 5.64. The molecule has 0 saturated heterocycles. The molecular weight excluding hydrogens is 218 g/mol. The number of rotatable bonds is 6. The molecule has 0 aliphatic carbocycles. The largest absolute Gasteiger partial charge is 0.465 e. The highest BCUT2D eigenvalue weighted by molar-refractivity contribution is 5.89. The summed E-state index contributed by atoms with van der Waals surface area (Å²) in [6, 6.07) is 7.40. The number of aliphatic hydroxyl groups excluding tert-OH is 1. The van der Waals surface area contributed by atoms with Gasteiger partial charge >= 0.3 is 5.97 Å². The number of esters is 1. The van der Waals surface area contributed by atoms with Crippen molar-refractivity contribution in [3.05, 3.63) is 35.4 Å². The first-order valence-electron chi connectivity index (χ1n) is 5.64. The van der Waals surface area contributed by atoms with Gasteiger partial charge in [-0.05, 0) is 31.2 Å². The molecule has 0 bridgehead atoms. The van der Waals surface area contributed by atoms with Gasteiger partial charge in [0.05, 0.1) is 19.3 Å². The van der Waals surface area contributed by atoms with Gasteiger partial charge in [-0.1, -0.05) is 12.1 Å². The summed E-state index contributed by atoms with van der Waals surface area (Å²) < 4.78 is 4.63. The van der Waals surface area contributed by atoms with Crippen molar-refractivity contribution < 1.29 is 14.6 Å². The quantitative estimate of drug-likeness (QED) is 0.748. The fraction of sp³-hybridized carbons (Fsp3) is 0.462. The standard InChI is InChI=1S/C13H19NO3/c1-14(9-10-15)8-7-11-3-5-12(6-4-11)13(16)17-2/h3-6,15H,7-10H2,1-2H3. The summed E-state index contributed by atoms with van der Waals surface area (Å²) in [7, 11) is 3.35. The van der Waals surface area contributed by atoms with E-state index in [1.165, 1.54) is 12.7 Å². The molecule has 94 valence electrons. The summed E-state index contributed by atoms with van der Waals surface area (Å²) in [6.45, 7) is 1.75. The van der Waals surface area contributed by atoms with Gasteiger partial charge in [-0.15, -0.1) is 0 Å². The molecule has 0 unspecified atom stereocenters. The number of hydrogen-bond acceptors (Lipinski definition) is 4. The van der Waals surface area contributed by atoms with E-state index >= 15 is 0 Å². The molecular formula is C13H19NO3. The Labute approximate surface area is 102 Å². The van der Waals surface area contributed by atoms with E-state index in [-0.39, 0.29) is 12.6 Å². The van der Waals surface area contributed by atoms with E-state index in [1.54, 1.807) is 12.1 Å². The third-order valence-electron chi connectivity index (χ3n) is 2.64. The van der Waals surface area contributed by atoms with E-state index < -0.39 is 0 Å². The van der Waals surface area contributed by atoms with Gasteiger partial charge in [-0.25, -0.2) is 4.79 Å². The molecule has 0 fully saturated rings. The van der Waals surface area contributed by atoms with E-state index in [1.807, 2.05) is 19.2 Å². The van der Waals surface area contributed by atoms with Crippen LogP contribution in [0.2, 0.25) is 0 Å². The van der Waals surface area contributed by atoms with E-state index in [0.29, 0.717) is 12.1 Å². The minimum atomic E-state index is -0.311. The Balaban J connectivity index is 2.48. The number of hydrogen-bond donors (Lipinski definition) is 1. The fourth-order valence-corrected chi connectivity index (χ4v) is 1.53. The highest BCUT2D eigenvalue weighted by Gasteiger charge is 2.04. The maximum atomic E-state index is 11.2. The van der Waals surface area contributed by atoms with Gasteiger partial charge in [0.2, 0.25) is 0 Å². The Bertz CT molecular complexity index is 348. The molecule has 0 saturated carbocycles. The molecule has 1 rings (SSSR count). The molecule has 0 aromatic heterocycles. The summed E-state index contributed by atoms with van der Waals surface area (Å²) >= 11 is 0. The topological polar surface area (TPSA) is 49.8 Å². The van der Waals surface area contributed by atoms with Crippen molar-refractivity contribution in [1.29, 1.82) is 0 Å². The van der Waals surface area contributed by atoms with E-state index in [2.05, 4.69) is 9.64 Å². The van der Waals surface area contributed by atoms with Gasteiger partial charge in [-0.3, -0.25) is 0 Å². The number of aliphatic hydroxyl groups is 1. The monoisotopic (exact) mass is 237 g/mol. The molecule has 1 aromatic carbocycles. The van der Waals surface area contributed by atoms with Crippen molar-refractivity contribution in [3.63, 3.8) is 0 Å². The van der Waals surface area contributed by atoms with Crippen LogP contribution >= 0.6 is 0 Å². The van der Waals surface area contributed by atoms with Crippen LogP contribution in [-0.4, -0.2) is 49.8 Å². The Morgan fingerprint density at radius 3 is 2.47 bits per heavy atom. The van der Waals surface area contributed by atoms with Gasteiger partial charge < -0.3 is 14.7 Å². The average Bonchev–Trinajstić information content (AvgIpc) is 2.36. The maximum Gasteiger partial charge on any atom is 0.337 e. The number of benzene rings is 1. The average molecular weight is 237 g/mol. The minimum absolute atomic E-state index is 0.178. The predicted molar refractivity (Wildman–Crippen MR) is 66.1 cm³/mol. The van der Waals surface area contributed by atoms with Crippen LogP contribution in [0.15, 0.2) is 24.3 Å². The molecule has 1 aromatic rings. The second kappa shape index (κ2) is 7.04. The van der Waals surface area contributed by atoms with Crippen molar-refractivity contribution >= 4 is 5.97 Å². The number of likely N-dealkylation sites (N-methyl/N-ethyl adjacent to an activating group) is 1. The Morgan fingerprint density at radius 2 is 1.94 bits per heavy atom. The third-order valence-corrected chi connectivity index (χ3v) is 2.64. The zero-order valence-corrected chi connectivity index (χ0v) is 10.3. The van der Waals surface area contributed by atoms with E-state index in [4.69, 9.17) is 5.11 Å². The molecule has 0 aliphatic rings. The van der Waals surface area contributed by atoms with Crippen LogP contribution in [0, 0.1) is 0 Å². The lowest BCUT2D eigenvalue weighted by Crippen LogP contribution is -2.24. The fourth-order valence-electron chi connectivity index (χ4n) is 1.53. The van der Waals surface area contributed by atoms with Crippen LogP contribution in [0.25, 0.3) is 0 Å². The van der Waals surface area contributed by atoms with Crippen LogP contribution in [0.1, 0.15) is 15.9 Å². The number of carbonyl (C=O) groups excluding carboxylic acids is 1. The highest BCUT2D eigenvalue weighted by Crippen LogP contribution is 2.06. The summed E-state index contributed by atoms with van der Waals surface area (Å²) in [5, 5.41) is 8.77. The van der Waals surface area contributed by atoms with Crippen molar-refractivity contribution in [2.75, 3.05) is 33.9 Å². The summed E-state index contributed by atoms with van der Waals surface area (Å²) in [6.07, 6.45) is 0.901. The second-order valence-electron chi connectivity index (χ2n) is 3.97. The molecule has 0 amide bonds. The normalized spacial score (nSPS) is 10.6. The third kappa shape index (κ3) is 4.54.